The molecule has 0 spiro atoms. The third kappa shape index (κ3) is 4.92. The Balaban J connectivity index is 1.88. The van der Waals surface area contributed by atoms with E-state index in [1.807, 2.05) is 30.3 Å². The molecule has 22 heavy (non-hydrogen) atoms. The van der Waals surface area contributed by atoms with Crippen molar-refractivity contribution < 1.29 is 19.4 Å². The fraction of sp³-hybridized carbons (Fsp3) is 0.125. The predicted octanol–water partition coefficient (Wildman–Crippen LogP) is 2.37. The molecule has 2 rings (SSSR count). The van der Waals surface area contributed by atoms with Crippen LogP contribution >= 0.6 is 0 Å². The van der Waals surface area contributed by atoms with Gasteiger partial charge in [-0.15, -0.1) is 0 Å². The van der Waals surface area contributed by atoms with Gasteiger partial charge in [0.2, 0.25) is 5.91 Å². The van der Waals surface area contributed by atoms with Crippen molar-refractivity contribution in [1.29, 1.82) is 0 Å². The Morgan fingerprint density at radius 3 is 2.32 bits per heavy atom. The van der Waals surface area contributed by atoms with Crippen LogP contribution in [0.2, 0.25) is 0 Å². The molecule has 0 aromatic heterocycles. The maximum Gasteiger partial charge on any atom is 0.411 e. The van der Waals surface area contributed by atoms with Gasteiger partial charge in [-0.2, -0.15) is 0 Å². The number of rotatable bonds is 5. The molecule has 114 valence electrons. The zero-order chi connectivity index (χ0) is 15.8. The average molecular weight is 300 g/mol. The van der Waals surface area contributed by atoms with Gasteiger partial charge in [0.1, 0.15) is 13.2 Å². The van der Waals surface area contributed by atoms with Crippen LogP contribution in [0, 0.1) is 0 Å². The number of hydrogen-bond donors (Lipinski definition) is 3. The van der Waals surface area contributed by atoms with Crippen molar-refractivity contribution in [2.75, 3.05) is 17.2 Å². The fourth-order valence-corrected chi connectivity index (χ4v) is 1.75. The molecule has 0 aliphatic heterocycles. The summed E-state index contributed by atoms with van der Waals surface area (Å²) in [6.07, 6.45) is -0.588. The number of benzene rings is 2. The molecule has 6 nitrogen and oxygen atoms in total. The molecule has 3 N–H and O–H groups in total. The summed E-state index contributed by atoms with van der Waals surface area (Å²) in [6.45, 7) is -0.426. The summed E-state index contributed by atoms with van der Waals surface area (Å²) in [7, 11) is 0. The van der Waals surface area contributed by atoms with Gasteiger partial charge in [-0.05, 0) is 23.8 Å². The van der Waals surface area contributed by atoms with Crippen LogP contribution in [0.4, 0.5) is 16.2 Å². The van der Waals surface area contributed by atoms with E-state index < -0.39 is 18.6 Å². The number of aliphatic hydroxyl groups is 1. The minimum atomic E-state index is -0.600. The fourth-order valence-electron chi connectivity index (χ4n) is 1.75. The van der Waals surface area contributed by atoms with Gasteiger partial charge < -0.3 is 15.2 Å². The Morgan fingerprint density at radius 1 is 0.955 bits per heavy atom. The first-order chi connectivity index (χ1) is 10.7. The number of amides is 2. The van der Waals surface area contributed by atoms with Gasteiger partial charge in [0.05, 0.1) is 0 Å². The summed E-state index contributed by atoms with van der Waals surface area (Å²) >= 11 is 0. The van der Waals surface area contributed by atoms with Crippen molar-refractivity contribution in [1.82, 2.24) is 0 Å². The van der Waals surface area contributed by atoms with Crippen molar-refractivity contribution in [3.05, 3.63) is 60.2 Å². The van der Waals surface area contributed by atoms with Crippen molar-refractivity contribution in [2.45, 2.75) is 6.61 Å². The third-order valence-electron chi connectivity index (χ3n) is 2.75. The highest BCUT2D eigenvalue weighted by atomic mass is 16.5. The number of aliphatic hydroxyl groups excluding tert-OH is 1. The summed E-state index contributed by atoms with van der Waals surface area (Å²) in [5, 5.41) is 13.7. The third-order valence-corrected chi connectivity index (χ3v) is 2.75. The molecular weight excluding hydrogens is 284 g/mol. The molecule has 0 fully saturated rings. The Kier molecular flexibility index (Phi) is 5.50. The van der Waals surface area contributed by atoms with E-state index in [1.165, 1.54) is 0 Å². The number of hydrogen-bond acceptors (Lipinski definition) is 4. The highest BCUT2D eigenvalue weighted by Gasteiger charge is 2.05. The second-order valence-corrected chi connectivity index (χ2v) is 4.47. The normalized spacial score (nSPS) is 9.86. The number of nitrogens with one attached hydrogen (secondary N) is 2. The van der Waals surface area contributed by atoms with E-state index in [2.05, 4.69) is 10.6 Å². The molecule has 6 heteroatoms. The van der Waals surface area contributed by atoms with Crippen LogP contribution < -0.4 is 10.6 Å². The van der Waals surface area contributed by atoms with Gasteiger partial charge in [0, 0.05) is 11.4 Å². The lowest BCUT2D eigenvalue weighted by atomic mass is 10.2. The Bertz CT molecular complexity index is 644. The lowest BCUT2D eigenvalue weighted by molar-refractivity contribution is -0.118. The van der Waals surface area contributed by atoms with E-state index in [0.29, 0.717) is 11.4 Å². The van der Waals surface area contributed by atoms with E-state index in [-0.39, 0.29) is 6.61 Å². The molecule has 2 amide bonds. The smallest absolute Gasteiger partial charge is 0.411 e. The molecule has 0 atom stereocenters. The van der Waals surface area contributed by atoms with E-state index in [4.69, 9.17) is 9.84 Å². The minimum absolute atomic E-state index is 0.174. The van der Waals surface area contributed by atoms with Crippen molar-refractivity contribution in [2.24, 2.45) is 0 Å². The average Bonchev–Trinajstić information content (AvgIpc) is 2.54. The highest BCUT2D eigenvalue weighted by molar-refractivity contribution is 5.93. The van der Waals surface area contributed by atoms with Crippen molar-refractivity contribution in [3.8, 4) is 0 Å². The minimum Gasteiger partial charge on any atom is -0.444 e. The Labute approximate surface area is 127 Å². The topological polar surface area (TPSA) is 87.7 Å². The van der Waals surface area contributed by atoms with E-state index in [9.17, 15) is 9.59 Å². The van der Waals surface area contributed by atoms with Crippen LogP contribution in [0.3, 0.4) is 0 Å². The standard InChI is InChI=1S/C16H16N2O4/c19-10-15(20)17-13-7-4-8-14(9-13)18-16(21)22-11-12-5-2-1-3-6-12/h1-9,19H,10-11H2,(H,17,20)(H,18,21). The molecule has 0 aliphatic carbocycles. The van der Waals surface area contributed by atoms with E-state index in [0.717, 1.165) is 5.56 Å². The van der Waals surface area contributed by atoms with Crippen LogP contribution in [0.15, 0.2) is 54.6 Å². The number of carbonyl (C=O) groups excluding carboxylic acids is 2. The van der Waals surface area contributed by atoms with Gasteiger partial charge >= 0.3 is 6.09 Å². The number of carbonyl (C=O) groups is 2. The molecule has 0 radical (unpaired) electrons. The van der Waals surface area contributed by atoms with Crippen molar-refractivity contribution >= 4 is 23.4 Å². The van der Waals surface area contributed by atoms with Gasteiger partial charge in [0.25, 0.3) is 0 Å². The first-order valence-electron chi connectivity index (χ1n) is 6.66. The van der Waals surface area contributed by atoms with Crippen LogP contribution in [-0.4, -0.2) is 23.7 Å². The summed E-state index contributed by atoms with van der Waals surface area (Å²) in [5.74, 6) is -0.524. The molecule has 0 heterocycles. The Morgan fingerprint density at radius 2 is 1.64 bits per heavy atom. The maximum atomic E-state index is 11.7. The van der Waals surface area contributed by atoms with Gasteiger partial charge in [-0.3, -0.25) is 10.1 Å². The molecule has 2 aromatic carbocycles. The second-order valence-electron chi connectivity index (χ2n) is 4.47. The first-order valence-corrected chi connectivity index (χ1v) is 6.66. The highest BCUT2D eigenvalue weighted by Crippen LogP contribution is 2.15. The zero-order valence-electron chi connectivity index (χ0n) is 11.8. The van der Waals surface area contributed by atoms with Crippen LogP contribution in [0.5, 0.6) is 0 Å². The summed E-state index contributed by atoms with van der Waals surface area (Å²) in [4.78, 5) is 22.8. The predicted molar refractivity (Wildman–Crippen MR) is 82.4 cm³/mol. The first kappa shape index (κ1) is 15.5. The molecule has 0 saturated carbocycles. The lowest BCUT2D eigenvalue weighted by Crippen LogP contribution is -2.16. The van der Waals surface area contributed by atoms with Gasteiger partial charge in [-0.1, -0.05) is 36.4 Å². The van der Waals surface area contributed by atoms with Crippen LogP contribution in [-0.2, 0) is 16.1 Å². The molecule has 2 aromatic rings. The molecule has 0 bridgehead atoms. The van der Waals surface area contributed by atoms with E-state index in [1.54, 1.807) is 24.3 Å². The lowest BCUT2D eigenvalue weighted by Gasteiger charge is -2.09. The van der Waals surface area contributed by atoms with Gasteiger partial charge in [-0.25, -0.2) is 4.79 Å². The summed E-state index contributed by atoms with van der Waals surface area (Å²) < 4.78 is 5.10. The molecule has 0 unspecified atom stereocenters. The number of ether oxygens (including phenoxy) is 1. The zero-order valence-corrected chi connectivity index (χ0v) is 11.8. The number of anilines is 2. The SMILES string of the molecule is O=C(CO)Nc1cccc(NC(=O)OCc2ccccc2)c1. The quantitative estimate of drug-likeness (QED) is 0.791. The second kappa shape index (κ2) is 7.80. The largest absolute Gasteiger partial charge is 0.444 e. The van der Waals surface area contributed by atoms with E-state index >= 15 is 0 Å². The van der Waals surface area contributed by atoms with Crippen molar-refractivity contribution in [3.63, 3.8) is 0 Å². The van der Waals surface area contributed by atoms with Crippen LogP contribution in [0.1, 0.15) is 5.56 Å². The molecular formula is C16H16N2O4. The maximum absolute atomic E-state index is 11.7. The summed E-state index contributed by atoms with van der Waals surface area (Å²) in [5.41, 5.74) is 1.84. The van der Waals surface area contributed by atoms with Gasteiger partial charge in [0.15, 0.2) is 0 Å². The Hall–Kier alpha value is -2.86. The monoisotopic (exact) mass is 300 g/mol. The van der Waals surface area contributed by atoms with Crippen LogP contribution in [0.25, 0.3) is 0 Å². The molecule has 0 saturated heterocycles. The summed E-state index contributed by atoms with van der Waals surface area (Å²) in [6, 6.07) is 15.9. The molecule has 0 aliphatic rings.